The molecular weight excluding hydrogens is 514 g/mol. The predicted octanol–water partition coefficient (Wildman–Crippen LogP) is 6.67. The van der Waals surface area contributed by atoms with E-state index in [0.717, 1.165) is 29.4 Å². The van der Waals surface area contributed by atoms with Gasteiger partial charge in [0.15, 0.2) is 0 Å². The van der Waals surface area contributed by atoms with Crippen LogP contribution in [0.15, 0.2) is 79.0 Å². The molecule has 8 heteroatoms. The number of aromatic nitrogens is 1. The van der Waals surface area contributed by atoms with Crippen molar-refractivity contribution in [2.45, 2.75) is 38.2 Å². The fourth-order valence-corrected chi connectivity index (χ4v) is 4.66. The van der Waals surface area contributed by atoms with Crippen molar-refractivity contribution < 1.29 is 19.4 Å². The molecule has 0 aliphatic carbocycles. The lowest BCUT2D eigenvalue weighted by Crippen LogP contribution is -2.26. The van der Waals surface area contributed by atoms with E-state index in [0.29, 0.717) is 27.4 Å². The monoisotopic (exact) mass is 541 g/mol. The quantitative estimate of drug-likeness (QED) is 0.219. The van der Waals surface area contributed by atoms with Crippen LogP contribution in [0.2, 0.25) is 5.02 Å². The number of hydrogen-bond donors (Lipinski definition) is 2. The summed E-state index contributed by atoms with van der Waals surface area (Å²) in [6.45, 7) is 2.18. The number of nitrogens with zero attached hydrogens (tertiary/aromatic N) is 2. The van der Waals surface area contributed by atoms with Crippen LogP contribution in [0.1, 0.15) is 65.3 Å². The van der Waals surface area contributed by atoms with Crippen molar-refractivity contribution in [2.24, 2.45) is 0 Å². The summed E-state index contributed by atoms with van der Waals surface area (Å²) in [5, 5.41) is 22.2. The Morgan fingerprint density at radius 3 is 2.44 bits per heavy atom. The zero-order chi connectivity index (χ0) is 27.8. The minimum absolute atomic E-state index is 0.0538. The molecule has 1 heterocycles. The van der Waals surface area contributed by atoms with Crippen LogP contribution in [0.5, 0.6) is 5.75 Å². The normalized spacial score (nSPS) is 12.3. The van der Waals surface area contributed by atoms with E-state index in [1.165, 1.54) is 0 Å². The molecule has 0 aliphatic rings. The van der Waals surface area contributed by atoms with E-state index in [4.69, 9.17) is 21.4 Å². The minimum atomic E-state index is -0.964. The third-order valence-electron chi connectivity index (χ3n) is 6.47. The van der Waals surface area contributed by atoms with Gasteiger partial charge in [0.1, 0.15) is 11.9 Å². The Hall–Kier alpha value is -4.41. The highest BCUT2D eigenvalue weighted by Crippen LogP contribution is 2.40. The molecule has 2 unspecified atom stereocenters. The molecule has 0 aliphatic heterocycles. The van der Waals surface area contributed by atoms with Crippen LogP contribution in [0.3, 0.4) is 0 Å². The first-order valence-electron chi connectivity index (χ1n) is 12.7. The molecule has 2 N–H and O–H groups in total. The van der Waals surface area contributed by atoms with E-state index < -0.39 is 5.97 Å². The number of hydrogen-bond acceptors (Lipinski definition) is 5. The first kappa shape index (κ1) is 27.6. The standard InChI is InChI=1S/C31H28ClN3O4/c1-2-3-25(21-5-7-23(8-6-21)31(38)35-17-15-29(36)37)30(22-9-11-24(32)12-10-22)39-28-14-16-34-27-18-20(19-33)4-13-26(27)28/h4-14,16,18,25,30H,2-3,15,17H2,1H3,(H,35,38)(H,36,37). The number of rotatable bonds is 11. The number of halogens is 1. The van der Waals surface area contributed by atoms with Crippen molar-refractivity contribution in [1.82, 2.24) is 10.3 Å². The zero-order valence-electron chi connectivity index (χ0n) is 21.4. The van der Waals surface area contributed by atoms with Gasteiger partial charge in [-0.2, -0.15) is 5.26 Å². The summed E-state index contributed by atoms with van der Waals surface area (Å²) >= 11 is 6.20. The third kappa shape index (κ3) is 6.92. The van der Waals surface area contributed by atoms with Gasteiger partial charge >= 0.3 is 5.97 Å². The molecular formula is C31H28ClN3O4. The molecule has 1 aromatic heterocycles. The Morgan fingerprint density at radius 2 is 1.77 bits per heavy atom. The lowest BCUT2D eigenvalue weighted by atomic mass is 9.85. The number of carboxylic acid groups (broad SMARTS) is 1. The Morgan fingerprint density at radius 1 is 1.05 bits per heavy atom. The third-order valence-corrected chi connectivity index (χ3v) is 6.73. The topological polar surface area (TPSA) is 112 Å². The fraction of sp³-hybridized carbons (Fsp3) is 0.226. The van der Waals surface area contributed by atoms with Crippen LogP contribution in [0.25, 0.3) is 10.9 Å². The number of pyridine rings is 1. The number of benzene rings is 3. The van der Waals surface area contributed by atoms with E-state index in [-0.39, 0.29) is 30.9 Å². The largest absolute Gasteiger partial charge is 0.484 e. The van der Waals surface area contributed by atoms with Crippen molar-refractivity contribution >= 4 is 34.4 Å². The van der Waals surface area contributed by atoms with Crippen molar-refractivity contribution in [2.75, 3.05) is 6.54 Å². The molecule has 4 aromatic rings. The highest BCUT2D eigenvalue weighted by Gasteiger charge is 2.27. The lowest BCUT2D eigenvalue weighted by Gasteiger charge is -2.29. The molecule has 0 spiro atoms. The zero-order valence-corrected chi connectivity index (χ0v) is 22.2. The van der Waals surface area contributed by atoms with E-state index in [1.807, 2.05) is 48.5 Å². The summed E-state index contributed by atoms with van der Waals surface area (Å²) in [4.78, 5) is 27.6. The number of fused-ring (bicyclic) bond motifs is 1. The van der Waals surface area contributed by atoms with Gasteiger partial charge in [-0.25, -0.2) is 0 Å². The van der Waals surface area contributed by atoms with E-state index >= 15 is 0 Å². The van der Waals surface area contributed by atoms with Crippen molar-refractivity contribution in [3.8, 4) is 11.8 Å². The Bertz CT molecular complexity index is 1500. The Kier molecular flexibility index (Phi) is 9.14. The van der Waals surface area contributed by atoms with Gasteiger partial charge in [0.2, 0.25) is 0 Å². The van der Waals surface area contributed by atoms with Crippen LogP contribution in [-0.2, 0) is 4.79 Å². The second-order valence-electron chi connectivity index (χ2n) is 9.16. The van der Waals surface area contributed by atoms with Crippen LogP contribution >= 0.6 is 11.6 Å². The van der Waals surface area contributed by atoms with Crippen molar-refractivity contribution in [3.05, 3.63) is 106 Å². The van der Waals surface area contributed by atoms with Gasteiger partial charge in [-0.3, -0.25) is 14.6 Å². The van der Waals surface area contributed by atoms with Gasteiger partial charge in [-0.05, 0) is 66.1 Å². The minimum Gasteiger partial charge on any atom is -0.484 e. The van der Waals surface area contributed by atoms with Gasteiger partial charge in [0.05, 0.1) is 23.6 Å². The predicted molar refractivity (Wildman–Crippen MR) is 150 cm³/mol. The molecule has 1 amide bonds. The Balaban J connectivity index is 1.69. The van der Waals surface area contributed by atoms with E-state index in [9.17, 15) is 14.9 Å². The van der Waals surface area contributed by atoms with Gasteiger partial charge in [-0.15, -0.1) is 0 Å². The molecule has 4 rings (SSSR count). The van der Waals surface area contributed by atoms with Crippen LogP contribution in [0, 0.1) is 11.3 Å². The summed E-state index contributed by atoms with van der Waals surface area (Å²) in [5.41, 5.74) is 3.61. The van der Waals surface area contributed by atoms with E-state index in [2.05, 4.69) is 23.3 Å². The lowest BCUT2D eigenvalue weighted by molar-refractivity contribution is -0.136. The molecule has 7 nitrogen and oxygen atoms in total. The van der Waals surface area contributed by atoms with Crippen molar-refractivity contribution in [1.29, 1.82) is 5.26 Å². The molecule has 0 saturated carbocycles. The number of carbonyl (C=O) groups is 2. The SMILES string of the molecule is CCCC(c1ccc(C(=O)NCCC(=O)O)cc1)C(Oc1ccnc2cc(C#N)ccc12)c1ccc(Cl)cc1. The van der Waals surface area contributed by atoms with Gasteiger partial charge < -0.3 is 15.2 Å². The summed E-state index contributed by atoms with van der Waals surface area (Å²) < 4.78 is 6.75. The molecule has 198 valence electrons. The number of aliphatic carboxylic acids is 1. The molecule has 39 heavy (non-hydrogen) atoms. The number of carbonyl (C=O) groups excluding carboxylic acids is 1. The molecule has 0 bridgehead atoms. The van der Waals surface area contributed by atoms with Gasteiger partial charge in [0.25, 0.3) is 5.91 Å². The number of ether oxygens (including phenoxy) is 1. The Labute approximate surface area is 232 Å². The summed E-state index contributed by atoms with van der Waals surface area (Å²) in [5.74, 6) is -0.684. The van der Waals surface area contributed by atoms with Crippen LogP contribution in [-0.4, -0.2) is 28.5 Å². The van der Waals surface area contributed by atoms with Crippen molar-refractivity contribution in [3.63, 3.8) is 0 Å². The van der Waals surface area contributed by atoms with Crippen LogP contribution < -0.4 is 10.1 Å². The second kappa shape index (κ2) is 12.9. The number of carboxylic acids is 1. The maximum absolute atomic E-state index is 12.5. The smallest absolute Gasteiger partial charge is 0.305 e. The fourth-order valence-electron chi connectivity index (χ4n) is 4.54. The first-order valence-corrected chi connectivity index (χ1v) is 13.1. The number of nitrogens with one attached hydrogen (secondary N) is 1. The molecule has 0 fully saturated rings. The molecule has 0 saturated heterocycles. The average Bonchev–Trinajstić information content (AvgIpc) is 2.95. The summed E-state index contributed by atoms with van der Waals surface area (Å²) in [6.07, 6.45) is 2.88. The number of amides is 1. The maximum Gasteiger partial charge on any atom is 0.305 e. The van der Waals surface area contributed by atoms with Gasteiger partial charge in [-0.1, -0.05) is 49.2 Å². The van der Waals surface area contributed by atoms with Gasteiger partial charge in [0, 0.05) is 34.6 Å². The van der Waals surface area contributed by atoms with E-state index in [1.54, 1.807) is 30.5 Å². The highest BCUT2D eigenvalue weighted by molar-refractivity contribution is 6.30. The summed E-state index contributed by atoms with van der Waals surface area (Å²) in [6, 6.07) is 24.2. The number of nitriles is 1. The molecule has 0 radical (unpaired) electrons. The average molecular weight is 542 g/mol. The molecule has 2 atom stereocenters. The first-order chi connectivity index (χ1) is 18.9. The molecule has 3 aromatic carbocycles. The second-order valence-corrected chi connectivity index (χ2v) is 9.60. The van der Waals surface area contributed by atoms with Crippen LogP contribution in [0.4, 0.5) is 0 Å². The highest BCUT2D eigenvalue weighted by atomic mass is 35.5. The summed E-state index contributed by atoms with van der Waals surface area (Å²) in [7, 11) is 0. The maximum atomic E-state index is 12.5.